The minimum absolute atomic E-state index is 0.0264. The maximum absolute atomic E-state index is 11.9. The molecule has 6 heteroatoms. The number of carbonyl (C=O) groups excluding carboxylic acids is 3. The summed E-state index contributed by atoms with van der Waals surface area (Å²) in [7, 11) is 1.30. The van der Waals surface area contributed by atoms with Crippen LogP contribution in [0.25, 0.3) is 0 Å². The molecule has 0 N–H and O–H groups in total. The Morgan fingerprint density at radius 1 is 1.08 bits per heavy atom. The van der Waals surface area contributed by atoms with Gasteiger partial charge in [0.05, 0.1) is 13.2 Å². The largest absolute Gasteiger partial charge is 0.469 e. The van der Waals surface area contributed by atoms with E-state index in [4.69, 9.17) is 4.74 Å². The minimum Gasteiger partial charge on any atom is -0.469 e. The monoisotopic (exact) mass is 367 g/mol. The molecule has 0 radical (unpaired) electrons. The molecule has 0 unspecified atom stereocenters. The van der Waals surface area contributed by atoms with E-state index in [1.165, 1.54) is 26.4 Å². The SMILES string of the molecule is COC(=O)CC(=O)CCCCCCCCC[C@H]1CC[C@H]2[C@H](C)OC(=O)N12. The fourth-order valence-electron chi connectivity index (χ4n) is 4.15. The van der Waals surface area contributed by atoms with Crippen molar-refractivity contribution in [3.05, 3.63) is 0 Å². The fraction of sp³-hybridized carbons (Fsp3) is 0.850. The zero-order valence-electron chi connectivity index (χ0n) is 16.2. The molecular weight excluding hydrogens is 334 g/mol. The Morgan fingerprint density at radius 3 is 2.42 bits per heavy atom. The normalized spacial score (nSPS) is 24.5. The molecule has 1 amide bonds. The van der Waals surface area contributed by atoms with Crippen LogP contribution in [0.5, 0.6) is 0 Å². The van der Waals surface area contributed by atoms with Gasteiger partial charge in [0.25, 0.3) is 0 Å². The summed E-state index contributed by atoms with van der Waals surface area (Å²) in [4.78, 5) is 36.3. The number of hydrogen-bond donors (Lipinski definition) is 0. The molecule has 6 nitrogen and oxygen atoms in total. The van der Waals surface area contributed by atoms with Crippen LogP contribution in [-0.4, -0.2) is 48.0 Å². The van der Waals surface area contributed by atoms with E-state index in [9.17, 15) is 14.4 Å². The smallest absolute Gasteiger partial charge is 0.410 e. The molecule has 0 aromatic carbocycles. The van der Waals surface area contributed by atoms with Crippen molar-refractivity contribution in [3.63, 3.8) is 0 Å². The van der Waals surface area contributed by atoms with Crippen LogP contribution >= 0.6 is 0 Å². The lowest BCUT2D eigenvalue weighted by Gasteiger charge is -2.21. The van der Waals surface area contributed by atoms with Crippen LogP contribution in [0.3, 0.4) is 0 Å². The summed E-state index contributed by atoms with van der Waals surface area (Å²) >= 11 is 0. The number of rotatable bonds is 12. The number of hydrogen-bond acceptors (Lipinski definition) is 5. The Morgan fingerprint density at radius 2 is 1.73 bits per heavy atom. The van der Waals surface area contributed by atoms with E-state index in [2.05, 4.69) is 4.74 Å². The van der Waals surface area contributed by atoms with Gasteiger partial charge in [-0.3, -0.25) is 14.5 Å². The standard InChI is InChI=1S/C20H33NO5/c1-15-18-13-12-16(21(18)20(24)26-15)10-8-6-4-3-5-7-9-11-17(22)14-19(23)25-2/h15-16,18H,3-14H2,1-2H3/t15-,16-,18-/m0/s1. The van der Waals surface area contributed by atoms with E-state index in [0.29, 0.717) is 18.5 Å². The summed E-state index contributed by atoms with van der Waals surface area (Å²) < 4.78 is 9.81. The third-order valence-corrected chi connectivity index (χ3v) is 5.65. The molecule has 2 aliphatic heterocycles. The average molecular weight is 367 g/mol. The molecule has 3 atom stereocenters. The second-order valence-electron chi connectivity index (χ2n) is 7.60. The first-order valence-corrected chi connectivity index (χ1v) is 10.1. The number of methoxy groups -OCH3 is 1. The molecule has 2 fully saturated rings. The molecule has 0 spiro atoms. The molecule has 0 bridgehead atoms. The van der Waals surface area contributed by atoms with Crippen molar-refractivity contribution in [3.8, 4) is 0 Å². The zero-order valence-corrected chi connectivity index (χ0v) is 16.2. The summed E-state index contributed by atoms with van der Waals surface area (Å²) in [6.07, 6.45) is 11.3. The number of esters is 1. The average Bonchev–Trinajstić information content (AvgIpc) is 3.15. The van der Waals surface area contributed by atoms with E-state index >= 15 is 0 Å². The van der Waals surface area contributed by atoms with Crippen LogP contribution in [0.1, 0.15) is 84.0 Å². The van der Waals surface area contributed by atoms with Crippen LogP contribution in [-0.2, 0) is 19.1 Å². The van der Waals surface area contributed by atoms with Crippen molar-refractivity contribution in [1.29, 1.82) is 0 Å². The summed E-state index contributed by atoms with van der Waals surface area (Å²) in [5.74, 6) is -0.471. The van der Waals surface area contributed by atoms with E-state index in [0.717, 1.165) is 44.9 Å². The van der Waals surface area contributed by atoms with E-state index in [1.54, 1.807) is 0 Å². The topological polar surface area (TPSA) is 72.9 Å². The molecular formula is C20H33NO5. The Labute approximate surface area is 156 Å². The van der Waals surface area contributed by atoms with Crippen molar-refractivity contribution in [2.24, 2.45) is 0 Å². The van der Waals surface area contributed by atoms with E-state index in [1.807, 2.05) is 11.8 Å². The quantitative estimate of drug-likeness (QED) is 0.296. The van der Waals surface area contributed by atoms with Crippen LogP contribution < -0.4 is 0 Å². The first-order chi connectivity index (χ1) is 12.5. The molecule has 2 saturated heterocycles. The molecule has 2 rings (SSSR count). The second kappa shape index (κ2) is 10.5. The van der Waals surface area contributed by atoms with Gasteiger partial charge in [0.2, 0.25) is 0 Å². The highest BCUT2D eigenvalue weighted by atomic mass is 16.6. The number of ether oxygens (including phenoxy) is 2. The van der Waals surface area contributed by atoms with Gasteiger partial charge in [-0.25, -0.2) is 4.79 Å². The summed E-state index contributed by atoms with van der Waals surface area (Å²) in [5, 5.41) is 0. The van der Waals surface area contributed by atoms with Crippen molar-refractivity contribution >= 4 is 17.8 Å². The second-order valence-corrected chi connectivity index (χ2v) is 7.60. The molecule has 0 aromatic rings. The molecule has 0 aliphatic carbocycles. The molecule has 26 heavy (non-hydrogen) atoms. The number of ketones is 1. The molecule has 148 valence electrons. The number of nitrogens with zero attached hydrogens (tertiary/aromatic N) is 1. The van der Waals surface area contributed by atoms with Gasteiger partial charge in [-0.05, 0) is 32.6 Å². The van der Waals surface area contributed by atoms with Gasteiger partial charge in [-0.1, -0.05) is 38.5 Å². The molecule has 2 heterocycles. The van der Waals surface area contributed by atoms with Crippen molar-refractivity contribution < 1.29 is 23.9 Å². The van der Waals surface area contributed by atoms with Gasteiger partial charge in [0.15, 0.2) is 0 Å². The number of unbranched alkanes of at least 4 members (excludes halogenated alkanes) is 6. The highest BCUT2D eigenvalue weighted by Gasteiger charge is 2.46. The van der Waals surface area contributed by atoms with E-state index in [-0.39, 0.29) is 24.4 Å². The summed E-state index contributed by atoms with van der Waals surface area (Å²) in [5.41, 5.74) is 0. The lowest BCUT2D eigenvalue weighted by atomic mass is 10.0. The predicted octanol–water partition coefficient (Wildman–Crippen LogP) is 4.00. The number of cyclic esters (lactones) is 1. The molecule has 0 aromatic heterocycles. The third kappa shape index (κ3) is 5.99. The van der Waals surface area contributed by atoms with Gasteiger partial charge >= 0.3 is 12.1 Å². The van der Waals surface area contributed by atoms with Crippen LogP contribution in [0, 0.1) is 0 Å². The first-order valence-electron chi connectivity index (χ1n) is 10.1. The summed E-state index contributed by atoms with van der Waals surface area (Å²) in [6, 6.07) is 0.674. The van der Waals surface area contributed by atoms with E-state index < -0.39 is 5.97 Å². The maximum atomic E-state index is 11.9. The number of amides is 1. The highest BCUT2D eigenvalue weighted by Crippen LogP contribution is 2.35. The van der Waals surface area contributed by atoms with Crippen LogP contribution in [0.4, 0.5) is 4.79 Å². The lowest BCUT2D eigenvalue weighted by Crippen LogP contribution is -2.36. The van der Waals surface area contributed by atoms with Crippen LogP contribution in [0.15, 0.2) is 0 Å². The van der Waals surface area contributed by atoms with Crippen molar-refractivity contribution in [2.45, 2.75) is 102 Å². The molecule has 2 aliphatic rings. The maximum Gasteiger partial charge on any atom is 0.410 e. The van der Waals surface area contributed by atoms with Gasteiger partial charge < -0.3 is 9.47 Å². The predicted molar refractivity (Wildman–Crippen MR) is 97.8 cm³/mol. The van der Waals surface area contributed by atoms with Crippen molar-refractivity contribution in [2.75, 3.05) is 7.11 Å². The van der Waals surface area contributed by atoms with Crippen molar-refractivity contribution in [1.82, 2.24) is 4.90 Å². The van der Waals surface area contributed by atoms with Gasteiger partial charge in [-0.15, -0.1) is 0 Å². The number of carbonyl (C=O) groups is 3. The third-order valence-electron chi connectivity index (χ3n) is 5.65. The Kier molecular flexibility index (Phi) is 8.39. The Bertz CT molecular complexity index is 493. The minimum atomic E-state index is -0.444. The zero-order chi connectivity index (χ0) is 18.9. The molecule has 0 saturated carbocycles. The van der Waals surface area contributed by atoms with Gasteiger partial charge in [0, 0.05) is 12.5 Å². The Balaban J connectivity index is 1.44. The lowest BCUT2D eigenvalue weighted by molar-refractivity contribution is -0.143. The van der Waals surface area contributed by atoms with Crippen LogP contribution in [0.2, 0.25) is 0 Å². The number of fused-ring (bicyclic) bond motifs is 1. The highest BCUT2D eigenvalue weighted by molar-refractivity contribution is 5.95. The Hall–Kier alpha value is -1.59. The van der Waals surface area contributed by atoms with Gasteiger partial charge in [0.1, 0.15) is 18.3 Å². The fourth-order valence-corrected chi connectivity index (χ4v) is 4.15. The number of Topliss-reactive ketones (excluding diaryl/α,β-unsaturated/α-hetero) is 1. The first kappa shape index (κ1) is 20.7. The summed E-state index contributed by atoms with van der Waals surface area (Å²) in [6.45, 7) is 1.99. The van der Waals surface area contributed by atoms with Gasteiger partial charge in [-0.2, -0.15) is 0 Å².